The van der Waals surface area contributed by atoms with Gasteiger partial charge >= 0.3 is 0 Å². The highest BCUT2D eigenvalue weighted by atomic mass is 35.5. The van der Waals surface area contributed by atoms with Crippen LogP contribution in [0.3, 0.4) is 0 Å². The molecule has 1 aliphatic rings. The van der Waals surface area contributed by atoms with Crippen molar-refractivity contribution in [3.8, 4) is 0 Å². The van der Waals surface area contributed by atoms with Gasteiger partial charge in [0.05, 0.1) is 12.0 Å². The maximum absolute atomic E-state index is 13.4. The second-order valence-electron chi connectivity index (χ2n) is 3.42. The fourth-order valence-electron chi connectivity index (χ4n) is 1.51. The number of rotatable bonds is 2. The van der Waals surface area contributed by atoms with E-state index in [2.05, 4.69) is 0 Å². The van der Waals surface area contributed by atoms with Gasteiger partial charge in [-0.15, -0.1) is 11.6 Å². The normalized spacial score (nSPS) is 27.4. The minimum absolute atomic E-state index is 0.331. The fourth-order valence-corrected chi connectivity index (χ4v) is 1.75. The molecule has 2 atom stereocenters. The van der Waals surface area contributed by atoms with Crippen LogP contribution in [0.1, 0.15) is 12.5 Å². The van der Waals surface area contributed by atoms with Gasteiger partial charge in [-0.1, -0.05) is 6.07 Å². The topological polar surface area (TPSA) is 12.5 Å². The summed E-state index contributed by atoms with van der Waals surface area (Å²) in [5.41, 5.74) is -0.416. The van der Waals surface area contributed by atoms with Crippen LogP contribution in [0.2, 0.25) is 0 Å². The average Bonchev–Trinajstić information content (AvgIpc) is 2.84. The summed E-state index contributed by atoms with van der Waals surface area (Å²) in [6.45, 7) is 2.12. The Morgan fingerprint density at radius 3 is 2.57 bits per heavy atom. The van der Waals surface area contributed by atoms with Crippen molar-refractivity contribution in [3.63, 3.8) is 0 Å². The van der Waals surface area contributed by atoms with Crippen LogP contribution in [0.4, 0.5) is 8.78 Å². The molecule has 0 bridgehead atoms. The summed E-state index contributed by atoms with van der Waals surface area (Å²) in [6.07, 6.45) is 0. The van der Waals surface area contributed by atoms with Crippen molar-refractivity contribution in [2.45, 2.75) is 17.9 Å². The van der Waals surface area contributed by atoms with E-state index in [0.717, 1.165) is 6.07 Å². The predicted octanol–water partition coefficient (Wildman–Crippen LogP) is 2.82. The van der Waals surface area contributed by atoms with Crippen LogP contribution in [0.15, 0.2) is 18.2 Å². The van der Waals surface area contributed by atoms with Crippen LogP contribution in [0.5, 0.6) is 0 Å². The lowest BCUT2D eigenvalue weighted by Gasteiger charge is -2.15. The van der Waals surface area contributed by atoms with Crippen molar-refractivity contribution in [2.75, 3.05) is 6.61 Å². The van der Waals surface area contributed by atoms with E-state index < -0.39 is 17.2 Å². The lowest BCUT2D eigenvalue weighted by Crippen LogP contribution is -2.21. The van der Waals surface area contributed by atoms with Crippen molar-refractivity contribution in [2.24, 2.45) is 0 Å². The minimum atomic E-state index is -0.751. The Morgan fingerprint density at radius 1 is 1.50 bits per heavy atom. The number of epoxide rings is 1. The van der Waals surface area contributed by atoms with Crippen molar-refractivity contribution >= 4 is 11.6 Å². The number of ether oxygens (including phenoxy) is 1. The Morgan fingerprint density at radius 2 is 2.14 bits per heavy atom. The van der Waals surface area contributed by atoms with E-state index in [0.29, 0.717) is 12.2 Å². The van der Waals surface area contributed by atoms with Crippen LogP contribution in [-0.4, -0.2) is 12.0 Å². The molecule has 0 aliphatic carbocycles. The molecule has 1 aromatic carbocycles. The van der Waals surface area contributed by atoms with E-state index in [1.165, 1.54) is 12.1 Å². The first-order chi connectivity index (χ1) is 6.56. The van der Waals surface area contributed by atoms with Crippen molar-refractivity contribution in [1.82, 2.24) is 0 Å². The van der Waals surface area contributed by atoms with Gasteiger partial charge < -0.3 is 4.74 Å². The summed E-state index contributed by atoms with van der Waals surface area (Å²) in [4.78, 5) is 0. The Bertz CT molecular complexity index is 361. The van der Waals surface area contributed by atoms with E-state index in [4.69, 9.17) is 16.3 Å². The Labute approximate surface area is 85.6 Å². The average molecular weight is 219 g/mol. The Hall–Kier alpha value is -0.670. The molecule has 0 saturated carbocycles. The zero-order valence-corrected chi connectivity index (χ0v) is 8.31. The maximum atomic E-state index is 13.4. The maximum Gasteiger partial charge on any atom is 0.135 e. The molecule has 0 spiro atoms. The second kappa shape index (κ2) is 3.17. The molecule has 0 aromatic heterocycles. The van der Waals surface area contributed by atoms with E-state index in [1.807, 2.05) is 0 Å². The van der Waals surface area contributed by atoms with Gasteiger partial charge in [-0.25, -0.2) is 8.78 Å². The summed E-state index contributed by atoms with van der Waals surface area (Å²) in [6, 6.07) is 3.44. The van der Waals surface area contributed by atoms with Gasteiger partial charge in [0, 0.05) is 11.6 Å². The molecule has 14 heavy (non-hydrogen) atoms. The van der Waals surface area contributed by atoms with Crippen LogP contribution < -0.4 is 0 Å². The lowest BCUT2D eigenvalue weighted by molar-refractivity contribution is 0.297. The summed E-state index contributed by atoms with van der Waals surface area (Å²) in [7, 11) is 0. The molecule has 1 nitrogen and oxygen atoms in total. The van der Waals surface area contributed by atoms with Crippen molar-refractivity contribution in [1.29, 1.82) is 0 Å². The molecule has 2 unspecified atom stereocenters. The van der Waals surface area contributed by atoms with Crippen LogP contribution in [0, 0.1) is 11.6 Å². The lowest BCUT2D eigenvalue weighted by atomic mass is 9.96. The summed E-state index contributed by atoms with van der Waals surface area (Å²) in [5.74, 6) is -1.20. The molecule has 0 N–H and O–H groups in total. The van der Waals surface area contributed by atoms with Crippen molar-refractivity contribution in [3.05, 3.63) is 35.4 Å². The molecule has 1 aliphatic heterocycles. The predicted molar refractivity (Wildman–Crippen MR) is 49.3 cm³/mol. The van der Waals surface area contributed by atoms with Crippen LogP contribution >= 0.6 is 11.6 Å². The molecular weight excluding hydrogens is 210 g/mol. The first-order valence-corrected chi connectivity index (χ1v) is 4.73. The molecule has 76 valence electrons. The third-order valence-electron chi connectivity index (χ3n) is 2.48. The first-order valence-electron chi connectivity index (χ1n) is 4.30. The largest absolute Gasteiger partial charge is 0.363 e. The number of hydrogen-bond acceptors (Lipinski definition) is 1. The number of alkyl halides is 1. The van der Waals surface area contributed by atoms with Crippen LogP contribution in [0.25, 0.3) is 0 Å². The first kappa shape index (κ1) is 9.87. The molecule has 2 rings (SSSR count). The minimum Gasteiger partial charge on any atom is -0.363 e. The van der Waals surface area contributed by atoms with Gasteiger partial charge in [0.1, 0.15) is 17.2 Å². The Kier molecular flexibility index (Phi) is 2.24. The molecule has 1 fully saturated rings. The summed E-state index contributed by atoms with van der Waals surface area (Å²) in [5, 5.41) is -0.331. The quantitative estimate of drug-likeness (QED) is 0.549. The van der Waals surface area contributed by atoms with Crippen LogP contribution in [-0.2, 0) is 10.3 Å². The molecule has 1 aromatic rings. The molecule has 0 radical (unpaired) electrons. The monoisotopic (exact) mass is 218 g/mol. The summed E-state index contributed by atoms with van der Waals surface area (Å²) < 4.78 is 31.2. The third kappa shape index (κ3) is 1.41. The molecule has 1 heterocycles. The van der Waals surface area contributed by atoms with Gasteiger partial charge in [0.15, 0.2) is 0 Å². The zero-order chi connectivity index (χ0) is 10.3. The standard InChI is InChI=1S/C10H9ClF2O/c1-6(11)10(5-14-10)8-3-2-7(12)4-9(8)13/h2-4,6H,5H2,1H3. The van der Waals surface area contributed by atoms with Gasteiger partial charge in [0.2, 0.25) is 0 Å². The highest BCUT2D eigenvalue weighted by Gasteiger charge is 2.52. The summed E-state index contributed by atoms with van der Waals surface area (Å²) >= 11 is 5.89. The highest BCUT2D eigenvalue weighted by molar-refractivity contribution is 6.21. The molecule has 1 saturated heterocycles. The number of hydrogen-bond donors (Lipinski definition) is 0. The van der Waals surface area contributed by atoms with Gasteiger partial charge in [-0.05, 0) is 13.0 Å². The molecule has 4 heteroatoms. The van der Waals surface area contributed by atoms with Crippen molar-refractivity contribution < 1.29 is 13.5 Å². The van der Waals surface area contributed by atoms with E-state index in [1.54, 1.807) is 6.92 Å². The van der Waals surface area contributed by atoms with Gasteiger partial charge in [-0.2, -0.15) is 0 Å². The third-order valence-corrected chi connectivity index (χ3v) is 2.84. The molecule has 0 amide bonds. The van der Waals surface area contributed by atoms with E-state index in [-0.39, 0.29) is 5.38 Å². The molecular formula is C10H9ClF2O. The SMILES string of the molecule is CC(Cl)C1(c2ccc(F)cc2F)CO1. The zero-order valence-electron chi connectivity index (χ0n) is 7.56. The fraction of sp³-hybridized carbons (Fsp3) is 0.400. The highest BCUT2D eigenvalue weighted by Crippen LogP contribution is 2.45. The Balaban J connectivity index is 2.42. The van der Waals surface area contributed by atoms with Gasteiger partial charge in [0.25, 0.3) is 0 Å². The number of halogens is 3. The second-order valence-corrected chi connectivity index (χ2v) is 4.07. The smallest absolute Gasteiger partial charge is 0.135 e. The number of benzene rings is 1. The van der Waals surface area contributed by atoms with E-state index in [9.17, 15) is 8.78 Å². The van der Waals surface area contributed by atoms with E-state index >= 15 is 0 Å². The van der Waals surface area contributed by atoms with Gasteiger partial charge in [-0.3, -0.25) is 0 Å².